The Balaban J connectivity index is 1.81. The number of ether oxygens (including phenoxy) is 1. The van der Waals surface area contributed by atoms with Gasteiger partial charge in [0.15, 0.2) is 5.78 Å². The summed E-state index contributed by atoms with van der Waals surface area (Å²) in [5.41, 5.74) is 1.46. The van der Waals surface area contributed by atoms with Crippen molar-refractivity contribution >= 4 is 11.8 Å². The number of esters is 1. The van der Waals surface area contributed by atoms with Crippen LogP contribution < -0.4 is 0 Å². The van der Waals surface area contributed by atoms with Crippen molar-refractivity contribution < 1.29 is 18.8 Å². The average molecular weight is 263 g/mol. The minimum atomic E-state index is -0.152. The molecule has 2 aliphatic rings. The summed E-state index contributed by atoms with van der Waals surface area (Å²) in [6, 6.07) is 0. The van der Waals surface area contributed by atoms with E-state index >= 15 is 0 Å². The Bertz CT molecular complexity index is 520. The highest BCUT2D eigenvalue weighted by molar-refractivity contribution is 5.99. The first-order chi connectivity index (χ1) is 9.19. The van der Waals surface area contributed by atoms with Gasteiger partial charge in [-0.2, -0.15) is 0 Å². The topological polar surface area (TPSA) is 69.4 Å². The molecule has 1 aliphatic carbocycles. The van der Waals surface area contributed by atoms with Crippen molar-refractivity contribution in [3.8, 4) is 0 Å². The van der Waals surface area contributed by atoms with E-state index in [1.807, 2.05) is 6.92 Å². The molecule has 102 valence electrons. The summed E-state index contributed by atoms with van der Waals surface area (Å²) in [5, 5.41) is 3.97. The zero-order valence-electron chi connectivity index (χ0n) is 11.0. The van der Waals surface area contributed by atoms with Gasteiger partial charge in [0.2, 0.25) is 0 Å². The lowest BCUT2D eigenvalue weighted by Crippen LogP contribution is -2.32. The van der Waals surface area contributed by atoms with Gasteiger partial charge in [0.05, 0.1) is 17.9 Å². The van der Waals surface area contributed by atoms with Crippen LogP contribution in [0.1, 0.15) is 48.0 Å². The molecule has 0 spiro atoms. The van der Waals surface area contributed by atoms with Gasteiger partial charge in [-0.25, -0.2) is 0 Å². The predicted octanol–water partition coefficient (Wildman–Crippen LogP) is 1.94. The zero-order chi connectivity index (χ0) is 13.4. The second-order valence-corrected chi connectivity index (χ2v) is 5.35. The molecule has 2 unspecified atom stereocenters. The fourth-order valence-electron chi connectivity index (χ4n) is 3.14. The summed E-state index contributed by atoms with van der Waals surface area (Å²) in [5.74, 6) is 1.08. The molecule has 1 aliphatic heterocycles. The van der Waals surface area contributed by atoms with Gasteiger partial charge in [0.1, 0.15) is 5.76 Å². The molecule has 0 bridgehead atoms. The summed E-state index contributed by atoms with van der Waals surface area (Å²) < 4.78 is 10.3. The van der Waals surface area contributed by atoms with Crippen LogP contribution in [0.2, 0.25) is 0 Å². The largest absolute Gasteiger partial charge is 0.466 e. The number of Topliss-reactive ketones (excluding diaryl/α,β-unsaturated/α-hetero) is 1. The van der Waals surface area contributed by atoms with E-state index in [4.69, 9.17) is 9.26 Å². The van der Waals surface area contributed by atoms with Crippen molar-refractivity contribution in [1.29, 1.82) is 0 Å². The number of carbonyl (C=O) groups excluding carboxylic acids is 2. The van der Waals surface area contributed by atoms with E-state index in [-0.39, 0.29) is 23.6 Å². The number of ketones is 1. The highest BCUT2D eigenvalue weighted by atomic mass is 16.5. The molecule has 1 aromatic rings. The first-order valence-corrected chi connectivity index (χ1v) is 6.85. The van der Waals surface area contributed by atoms with E-state index in [9.17, 15) is 9.59 Å². The smallest absolute Gasteiger partial charge is 0.306 e. The summed E-state index contributed by atoms with van der Waals surface area (Å²) in [4.78, 5) is 23.6. The molecule has 2 heterocycles. The van der Waals surface area contributed by atoms with Crippen LogP contribution >= 0.6 is 0 Å². The molecular weight excluding hydrogens is 246 g/mol. The molecular formula is C14H17NO4. The van der Waals surface area contributed by atoms with Gasteiger partial charge in [-0.1, -0.05) is 12.1 Å². The molecule has 1 saturated heterocycles. The van der Waals surface area contributed by atoms with Crippen LogP contribution in [0, 0.1) is 11.8 Å². The number of carbonyl (C=O) groups is 2. The van der Waals surface area contributed by atoms with E-state index in [2.05, 4.69) is 5.16 Å². The monoisotopic (exact) mass is 263 g/mol. The highest BCUT2D eigenvalue weighted by Crippen LogP contribution is 2.36. The van der Waals surface area contributed by atoms with Gasteiger partial charge in [-0.3, -0.25) is 9.59 Å². The highest BCUT2D eigenvalue weighted by Gasteiger charge is 2.37. The molecule has 0 radical (unpaired) electrons. The molecule has 19 heavy (non-hydrogen) atoms. The number of aromatic nitrogens is 1. The number of aryl methyl sites for hydroxylation is 1. The van der Waals surface area contributed by atoms with E-state index in [0.29, 0.717) is 43.6 Å². The van der Waals surface area contributed by atoms with Gasteiger partial charge >= 0.3 is 5.97 Å². The van der Waals surface area contributed by atoms with E-state index in [1.54, 1.807) is 0 Å². The Morgan fingerprint density at radius 2 is 2.05 bits per heavy atom. The molecule has 1 fully saturated rings. The average Bonchev–Trinajstić information content (AvgIpc) is 2.82. The Labute approximate surface area is 111 Å². The molecule has 0 saturated carbocycles. The van der Waals surface area contributed by atoms with Crippen molar-refractivity contribution in [2.75, 3.05) is 6.61 Å². The maximum absolute atomic E-state index is 12.2. The number of fused-ring (bicyclic) bond motifs is 1. The first-order valence-electron chi connectivity index (χ1n) is 6.85. The van der Waals surface area contributed by atoms with Gasteiger partial charge < -0.3 is 9.26 Å². The van der Waals surface area contributed by atoms with Gasteiger partial charge in [0, 0.05) is 19.3 Å². The van der Waals surface area contributed by atoms with Crippen molar-refractivity contribution in [2.24, 2.45) is 11.8 Å². The van der Waals surface area contributed by atoms with E-state index in [0.717, 1.165) is 12.1 Å². The summed E-state index contributed by atoms with van der Waals surface area (Å²) in [6.45, 7) is 2.44. The summed E-state index contributed by atoms with van der Waals surface area (Å²) >= 11 is 0. The second-order valence-electron chi connectivity index (χ2n) is 5.35. The molecule has 0 amide bonds. The van der Waals surface area contributed by atoms with Crippen molar-refractivity contribution in [3.63, 3.8) is 0 Å². The third kappa shape index (κ3) is 2.17. The standard InChI is InChI=1S/C14H17NO4/c1-2-10-14-11(16)5-9(6-12(14)19-15-10)8-3-4-18-13(17)7-8/h8-9H,2-7H2,1H3. The molecule has 0 aromatic carbocycles. The Morgan fingerprint density at radius 1 is 1.21 bits per heavy atom. The van der Waals surface area contributed by atoms with Crippen molar-refractivity contribution in [3.05, 3.63) is 17.0 Å². The lowest BCUT2D eigenvalue weighted by Gasteiger charge is -2.30. The Morgan fingerprint density at radius 3 is 2.79 bits per heavy atom. The van der Waals surface area contributed by atoms with E-state index in [1.165, 1.54) is 0 Å². The number of hydrogen-bond donors (Lipinski definition) is 0. The van der Waals surface area contributed by atoms with Crippen molar-refractivity contribution in [1.82, 2.24) is 5.16 Å². The quantitative estimate of drug-likeness (QED) is 0.762. The molecule has 2 atom stereocenters. The number of cyclic esters (lactones) is 1. The minimum absolute atomic E-state index is 0.114. The third-order valence-electron chi connectivity index (χ3n) is 4.19. The first kappa shape index (κ1) is 12.4. The SMILES string of the molecule is CCc1noc2c1C(=O)CC(C1CCOC(=O)C1)C2. The fourth-order valence-corrected chi connectivity index (χ4v) is 3.14. The number of hydrogen-bond acceptors (Lipinski definition) is 5. The summed E-state index contributed by atoms with van der Waals surface area (Å²) in [7, 11) is 0. The van der Waals surface area contributed by atoms with Crippen LogP contribution in [-0.4, -0.2) is 23.5 Å². The minimum Gasteiger partial charge on any atom is -0.466 e. The lowest BCUT2D eigenvalue weighted by atomic mass is 9.75. The maximum Gasteiger partial charge on any atom is 0.306 e. The molecule has 1 aromatic heterocycles. The van der Waals surface area contributed by atoms with Crippen LogP contribution in [-0.2, 0) is 22.4 Å². The zero-order valence-corrected chi connectivity index (χ0v) is 11.0. The molecule has 3 rings (SSSR count). The van der Waals surface area contributed by atoms with Gasteiger partial charge in [0.25, 0.3) is 0 Å². The predicted molar refractivity (Wildman–Crippen MR) is 65.7 cm³/mol. The Hall–Kier alpha value is -1.65. The fraction of sp³-hybridized carbons (Fsp3) is 0.643. The van der Waals surface area contributed by atoms with Crippen LogP contribution in [0.5, 0.6) is 0 Å². The summed E-state index contributed by atoms with van der Waals surface area (Å²) in [6.07, 6.45) is 3.19. The normalized spacial score (nSPS) is 27.0. The van der Waals surface area contributed by atoms with Crippen LogP contribution in [0.4, 0.5) is 0 Å². The van der Waals surface area contributed by atoms with Crippen LogP contribution in [0.3, 0.4) is 0 Å². The Kier molecular flexibility index (Phi) is 3.12. The van der Waals surface area contributed by atoms with Crippen molar-refractivity contribution in [2.45, 2.75) is 39.0 Å². The second kappa shape index (κ2) is 4.79. The van der Waals surface area contributed by atoms with E-state index < -0.39 is 0 Å². The molecule has 5 nitrogen and oxygen atoms in total. The van der Waals surface area contributed by atoms with Gasteiger partial charge in [-0.05, 0) is 24.7 Å². The number of rotatable bonds is 2. The third-order valence-corrected chi connectivity index (χ3v) is 4.19. The molecule has 0 N–H and O–H groups in total. The number of nitrogens with zero attached hydrogens (tertiary/aromatic N) is 1. The molecule has 5 heteroatoms. The lowest BCUT2D eigenvalue weighted by molar-refractivity contribution is -0.150. The van der Waals surface area contributed by atoms with Crippen LogP contribution in [0.25, 0.3) is 0 Å². The maximum atomic E-state index is 12.2. The van der Waals surface area contributed by atoms with Crippen LogP contribution in [0.15, 0.2) is 4.52 Å². The van der Waals surface area contributed by atoms with Gasteiger partial charge in [-0.15, -0.1) is 0 Å².